The fourth-order valence-corrected chi connectivity index (χ4v) is 3.99. The maximum absolute atomic E-state index is 11.7. The second-order valence-electron chi connectivity index (χ2n) is 8.68. The largest absolute Gasteiger partial charge is 0.487 e. The third kappa shape index (κ3) is 4.68. The zero-order valence-electron chi connectivity index (χ0n) is 17.6. The molecule has 0 amide bonds. The number of carbonyl (C=O) groups excluding carboxylic acids is 2. The van der Waals surface area contributed by atoms with Crippen LogP contribution in [0.15, 0.2) is 36.4 Å². The van der Waals surface area contributed by atoms with E-state index >= 15 is 0 Å². The Hall–Kier alpha value is -3.06. The number of aldehydes is 1. The predicted molar refractivity (Wildman–Crippen MR) is 112 cm³/mol. The highest BCUT2D eigenvalue weighted by Gasteiger charge is 2.40. The van der Waals surface area contributed by atoms with Crippen LogP contribution < -0.4 is 4.74 Å². The molecule has 0 bridgehead atoms. The fraction of sp³-hybridized carbons (Fsp3) is 0.360. The normalized spacial score (nSPS) is 15.9. The Morgan fingerprint density at radius 2 is 1.76 bits per heavy atom. The van der Waals surface area contributed by atoms with Crippen molar-refractivity contribution in [1.29, 1.82) is 0 Å². The first-order valence-electron chi connectivity index (χ1n) is 9.64. The lowest BCUT2D eigenvalue weighted by Gasteiger charge is -2.43. The molecule has 0 N–H and O–H groups in total. The Kier molecular flexibility index (Phi) is 5.53. The number of methoxy groups -OCH3 is 1. The second-order valence-corrected chi connectivity index (χ2v) is 8.68. The summed E-state index contributed by atoms with van der Waals surface area (Å²) < 4.78 is 10.8. The van der Waals surface area contributed by atoms with Crippen LogP contribution in [0.4, 0.5) is 0 Å². The molecule has 0 aliphatic carbocycles. The molecule has 0 aromatic heterocycles. The first kappa shape index (κ1) is 20.7. The van der Waals surface area contributed by atoms with Gasteiger partial charge in [-0.1, -0.05) is 37.8 Å². The average Bonchev–Trinajstić information content (AvgIpc) is 2.65. The van der Waals surface area contributed by atoms with Crippen LogP contribution in [0.2, 0.25) is 0 Å². The van der Waals surface area contributed by atoms with Crippen LogP contribution in [0.3, 0.4) is 0 Å². The number of benzene rings is 2. The van der Waals surface area contributed by atoms with E-state index in [0.29, 0.717) is 11.3 Å². The van der Waals surface area contributed by atoms with Crippen molar-refractivity contribution in [3.8, 4) is 17.6 Å². The number of hydrogen-bond acceptors (Lipinski definition) is 4. The summed E-state index contributed by atoms with van der Waals surface area (Å²) >= 11 is 0. The summed E-state index contributed by atoms with van der Waals surface area (Å²) in [7, 11) is 1.38. The Balaban J connectivity index is 1.92. The molecule has 4 nitrogen and oxygen atoms in total. The molecule has 2 aromatic carbocycles. The van der Waals surface area contributed by atoms with Crippen LogP contribution in [0.5, 0.6) is 5.75 Å². The van der Waals surface area contributed by atoms with Gasteiger partial charge in [-0.3, -0.25) is 9.59 Å². The summed E-state index contributed by atoms with van der Waals surface area (Å²) in [6, 6.07) is 11.3. The molecule has 1 aliphatic rings. The van der Waals surface area contributed by atoms with Crippen LogP contribution >= 0.6 is 0 Å². The number of esters is 1. The molecule has 3 rings (SSSR count). The van der Waals surface area contributed by atoms with Crippen molar-refractivity contribution in [2.45, 2.75) is 51.6 Å². The highest BCUT2D eigenvalue weighted by molar-refractivity contribution is 5.82. The molecule has 29 heavy (non-hydrogen) atoms. The highest BCUT2D eigenvalue weighted by atomic mass is 16.5. The summed E-state index contributed by atoms with van der Waals surface area (Å²) in [5.41, 5.74) is 3.58. The minimum Gasteiger partial charge on any atom is -0.487 e. The lowest BCUT2D eigenvalue weighted by atomic mass is 9.73. The molecule has 0 saturated heterocycles. The van der Waals surface area contributed by atoms with Crippen molar-refractivity contribution in [3.63, 3.8) is 0 Å². The molecule has 0 spiro atoms. The van der Waals surface area contributed by atoms with Crippen molar-refractivity contribution < 1.29 is 19.1 Å². The number of ether oxygens (including phenoxy) is 2. The second kappa shape index (κ2) is 7.75. The molecule has 0 atom stereocenters. The van der Waals surface area contributed by atoms with E-state index in [1.807, 2.05) is 44.2 Å². The Labute approximate surface area is 172 Å². The molecule has 1 heterocycles. The van der Waals surface area contributed by atoms with Crippen LogP contribution in [0, 0.1) is 11.8 Å². The van der Waals surface area contributed by atoms with Crippen LogP contribution in [-0.2, 0) is 21.4 Å². The molecular formula is C25H26O4. The van der Waals surface area contributed by atoms with Gasteiger partial charge in [0.05, 0.1) is 19.1 Å². The van der Waals surface area contributed by atoms with E-state index in [4.69, 9.17) is 4.74 Å². The van der Waals surface area contributed by atoms with Gasteiger partial charge in [0.2, 0.25) is 0 Å². The molecule has 2 aromatic rings. The molecule has 0 unspecified atom stereocenters. The van der Waals surface area contributed by atoms with Crippen LogP contribution in [0.1, 0.15) is 66.7 Å². The minimum absolute atomic E-state index is 0.123. The van der Waals surface area contributed by atoms with Crippen molar-refractivity contribution >= 4 is 12.3 Å². The number of hydrogen-bond donors (Lipinski definition) is 0. The van der Waals surface area contributed by atoms with Crippen LogP contribution in [-0.4, -0.2) is 25.0 Å². The first-order chi connectivity index (χ1) is 13.6. The average molecular weight is 390 g/mol. The monoisotopic (exact) mass is 390 g/mol. The zero-order chi connectivity index (χ0) is 21.2. The molecular weight excluding hydrogens is 364 g/mol. The van der Waals surface area contributed by atoms with Gasteiger partial charge < -0.3 is 9.47 Å². The fourth-order valence-electron chi connectivity index (χ4n) is 3.99. The van der Waals surface area contributed by atoms with E-state index in [1.165, 1.54) is 7.11 Å². The van der Waals surface area contributed by atoms with Crippen LogP contribution in [0.25, 0.3) is 0 Å². The third-order valence-electron chi connectivity index (χ3n) is 5.10. The van der Waals surface area contributed by atoms with Crippen molar-refractivity contribution in [2.24, 2.45) is 0 Å². The van der Waals surface area contributed by atoms with Gasteiger partial charge in [0.15, 0.2) is 6.29 Å². The number of rotatable bonds is 3. The Morgan fingerprint density at radius 3 is 2.38 bits per heavy atom. The lowest BCUT2D eigenvalue weighted by molar-refractivity contribution is -0.139. The number of carbonyl (C=O) groups is 2. The topological polar surface area (TPSA) is 52.6 Å². The maximum atomic E-state index is 11.7. The van der Waals surface area contributed by atoms with Gasteiger partial charge in [-0.05, 0) is 55.5 Å². The summed E-state index contributed by atoms with van der Waals surface area (Å²) in [5.74, 6) is 6.69. The SMILES string of the molecule is COC(=O)Cc1ccc(C#Cc2cc(C=O)c3c(c2)C(C)(C)CC(C)(C)O3)cc1. The van der Waals surface area contributed by atoms with Crippen molar-refractivity contribution in [2.75, 3.05) is 7.11 Å². The predicted octanol–water partition coefficient (Wildman–Crippen LogP) is 4.45. The van der Waals surface area contributed by atoms with E-state index < -0.39 is 0 Å². The Bertz CT molecular complexity index is 1000. The van der Waals surface area contributed by atoms with Gasteiger partial charge in [0.25, 0.3) is 0 Å². The van der Waals surface area contributed by atoms with Gasteiger partial charge >= 0.3 is 5.97 Å². The highest BCUT2D eigenvalue weighted by Crippen LogP contribution is 2.46. The van der Waals surface area contributed by atoms with E-state index in [0.717, 1.165) is 35.0 Å². The third-order valence-corrected chi connectivity index (χ3v) is 5.10. The maximum Gasteiger partial charge on any atom is 0.309 e. The van der Waals surface area contributed by atoms with E-state index in [-0.39, 0.29) is 23.4 Å². The van der Waals surface area contributed by atoms with Gasteiger partial charge in [-0.25, -0.2) is 0 Å². The minimum atomic E-state index is -0.326. The lowest BCUT2D eigenvalue weighted by Crippen LogP contribution is -2.41. The summed E-state index contributed by atoms with van der Waals surface area (Å²) in [6.45, 7) is 8.43. The molecule has 150 valence electrons. The Morgan fingerprint density at radius 1 is 1.10 bits per heavy atom. The van der Waals surface area contributed by atoms with E-state index in [1.54, 1.807) is 6.07 Å². The van der Waals surface area contributed by atoms with Gasteiger partial charge in [-0.15, -0.1) is 0 Å². The number of fused-ring (bicyclic) bond motifs is 1. The summed E-state index contributed by atoms with van der Waals surface area (Å²) in [6.07, 6.45) is 1.93. The van der Waals surface area contributed by atoms with Gasteiger partial charge in [0.1, 0.15) is 11.4 Å². The van der Waals surface area contributed by atoms with Crippen molar-refractivity contribution in [1.82, 2.24) is 0 Å². The van der Waals surface area contributed by atoms with E-state index in [9.17, 15) is 9.59 Å². The first-order valence-corrected chi connectivity index (χ1v) is 9.64. The van der Waals surface area contributed by atoms with Gasteiger partial charge in [0, 0.05) is 16.7 Å². The summed E-state index contributed by atoms with van der Waals surface area (Å²) in [5, 5.41) is 0. The standard InChI is InChI=1S/C25H26O4/c1-24(2)16-25(3,4)29-23-20(15-26)12-19(13-21(23)24)11-8-17-6-9-18(10-7-17)14-22(27)28-5/h6-7,9-10,12-13,15H,14,16H2,1-5H3. The van der Waals surface area contributed by atoms with Crippen molar-refractivity contribution in [3.05, 3.63) is 64.2 Å². The summed E-state index contributed by atoms with van der Waals surface area (Å²) in [4.78, 5) is 23.1. The molecule has 0 radical (unpaired) electrons. The van der Waals surface area contributed by atoms with Gasteiger partial charge in [-0.2, -0.15) is 0 Å². The molecule has 1 aliphatic heterocycles. The molecule has 0 fully saturated rings. The van der Waals surface area contributed by atoms with E-state index in [2.05, 4.69) is 30.4 Å². The zero-order valence-corrected chi connectivity index (χ0v) is 17.6. The molecule has 0 saturated carbocycles. The quantitative estimate of drug-likeness (QED) is 0.441. The molecule has 4 heteroatoms. The smallest absolute Gasteiger partial charge is 0.309 e.